The Hall–Kier alpha value is -2.87. The Bertz CT molecular complexity index is 1060. The number of amides is 2. The van der Waals surface area contributed by atoms with Crippen LogP contribution in [0.15, 0.2) is 47.4 Å². The molecule has 1 fully saturated rings. The Morgan fingerprint density at radius 2 is 1.97 bits per heavy atom. The van der Waals surface area contributed by atoms with Gasteiger partial charge in [0.1, 0.15) is 0 Å². The van der Waals surface area contributed by atoms with Crippen molar-refractivity contribution in [3.05, 3.63) is 59.2 Å². The second kappa shape index (κ2) is 9.51. The normalized spacial score (nSPS) is 14.5. The first-order valence-electron chi connectivity index (χ1n) is 10.2. The summed E-state index contributed by atoms with van der Waals surface area (Å²) in [5, 5.41) is 2.29. The lowest BCUT2D eigenvalue weighted by Gasteiger charge is -2.17. The zero-order chi connectivity index (χ0) is 22.6. The minimum atomic E-state index is -3.44. The molecular weight excluding hydrogens is 416 g/mol. The molecule has 0 spiro atoms. The van der Waals surface area contributed by atoms with E-state index in [1.807, 2.05) is 38.1 Å². The molecule has 1 saturated carbocycles. The monoisotopic (exact) mass is 444 g/mol. The third-order valence-electron chi connectivity index (χ3n) is 5.36. The molecule has 2 aromatic rings. The van der Waals surface area contributed by atoms with Crippen LogP contribution < -0.4 is 5.32 Å². The molecule has 1 unspecified atom stereocenters. The highest BCUT2D eigenvalue weighted by Gasteiger charge is 2.38. The van der Waals surface area contributed by atoms with E-state index in [0.29, 0.717) is 30.5 Å². The summed E-state index contributed by atoms with van der Waals surface area (Å²) in [6.07, 6.45) is 1.32. The largest absolute Gasteiger partial charge is 0.449 e. The number of hydrogen-bond donors (Lipinski definition) is 1. The predicted molar refractivity (Wildman–Crippen MR) is 119 cm³/mol. The Kier molecular flexibility index (Phi) is 7.00. The fourth-order valence-electron chi connectivity index (χ4n) is 3.51. The van der Waals surface area contributed by atoms with E-state index in [2.05, 4.69) is 5.32 Å². The van der Waals surface area contributed by atoms with Gasteiger partial charge in [0.25, 0.3) is 0 Å². The van der Waals surface area contributed by atoms with Crippen LogP contribution in [0.1, 0.15) is 42.4 Å². The van der Waals surface area contributed by atoms with Crippen molar-refractivity contribution in [2.24, 2.45) is 0 Å². The van der Waals surface area contributed by atoms with E-state index in [4.69, 9.17) is 4.74 Å². The molecule has 166 valence electrons. The summed E-state index contributed by atoms with van der Waals surface area (Å²) >= 11 is 0. The van der Waals surface area contributed by atoms with Crippen LogP contribution in [0, 0.1) is 6.92 Å². The van der Waals surface area contributed by atoms with Gasteiger partial charge in [-0.1, -0.05) is 31.2 Å². The lowest BCUT2D eigenvalue weighted by atomic mass is 9.97. The zero-order valence-electron chi connectivity index (χ0n) is 18.0. The second-order valence-corrected chi connectivity index (χ2v) is 10.3. The average Bonchev–Trinajstić information content (AvgIpc) is 3.58. The van der Waals surface area contributed by atoms with Gasteiger partial charge in [-0.25, -0.2) is 13.2 Å². The number of anilines is 1. The quantitative estimate of drug-likeness (QED) is 0.593. The van der Waals surface area contributed by atoms with Crippen molar-refractivity contribution in [3.63, 3.8) is 0 Å². The first-order valence-corrected chi connectivity index (χ1v) is 11.8. The smallest absolute Gasteiger partial charge is 0.411 e. The van der Waals surface area contributed by atoms with Crippen molar-refractivity contribution in [2.75, 3.05) is 19.0 Å². The molecule has 2 amide bonds. The summed E-state index contributed by atoms with van der Waals surface area (Å²) in [7, 11) is -1.87. The van der Waals surface area contributed by atoms with Crippen molar-refractivity contribution in [1.82, 2.24) is 4.90 Å². The van der Waals surface area contributed by atoms with Crippen molar-refractivity contribution in [2.45, 2.75) is 49.3 Å². The third kappa shape index (κ3) is 5.64. The molecule has 8 heteroatoms. The molecule has 0 aliphatic heterocycles. The predicted octanol–water partition coefficient (Wildman–Crippen LogP) is 3.87. The molecule has 0 radical (unpaired) electrons. The van der Waals surface area contributed by atoms with E-state index in [-0.39, 0.29) is 29.2 Å². The van der Waals surface area contributed by atoms with Crippen LogP contribution in [-0.4, -0.2) is 44.7 Å². The molecule has 3 rings (SSSR count). The Balaban J connectivity index is 1.70. The minimum Gasteiger partial charge on any atom is -0.449 e. The van der Waals surface area contributed by atoms with Gasteiger partial charge in [0.2, 0.25) is 6.41 Å². The minimum absolute atomic E-state index is 0.0369. The van der Waals surface area contributed by atoms with Crippen molar-refractivity contribution >= 4 is 28.0 Å². The summed E-state index contributed by atoms with van der Waals surface area (Å²) in [4.78, 5) is 24.9. The van der Waals surface area contributed by atoms with E-state index in [1.165, 1.54) is 11.0 Å². The van der Waals surface area contributed by atoms with Crippen LogP contribution in [0.25, 0.3) is 0 Å². The Labute approximate surface area is 183 Å². The van der Waals surface area contributed by atoms with E-state index in [1.54, 1.807) is 19.2 Å². The van der Waals surface area contributed by atoms with Crippen molar-refractivity contribution in [1.29, 1.82) is 0 Å². The standard InChI is InChI=1S/C23H28N2O5S/c1-16-6-4-5-7-21(16)17(2)14-30-23(27)24-19-8-11-22(31(28,29)20-9-10-20)18(12-19)13-25(3)15-26/h4-8,11-12,15,17,20H,9-10,13-14H2,1-3H3,(H,24,27). The van der Waals surface area contributed by atoms with Gasteiger partial charge in [0.05, 0.1) is 16.8 Å². The fourth-order valence-corrected chi connectivity index (χ4v) is 5.37. The van der Waals surface area contributed by atoms with Crippen LogP contribution in [0.2, 0.25) is 0 Å². The van der Waals surface area contributed by atoms with Crippen LogP contribution in [0.5, 0.6) is 0 Å². The fraction of sp³-hybridized carbons (Fsp3) is 0.391. The second-order valence-electron chi connectivity index (χ2n) is 8.07. The molecular formula is C23H28N2O5S. The van der Waals surface area contributed by atoms with Gasteiger partial charge in [-0.2, -0.15) is 0 Å². The number of hydrogen-bond acceptors (Lipinski definition) is 5. The number of carbonyl (C=O) groups is 2. The molecule has 0 bridgehead atoms. The molecule has 0 heterocycles. The molecule has 1 aliphatic carbocycles. The van der Waals surface area contributed by atoms with Gasteiger partial charge < -0.3 is 9.64 Å². The van der Waals surface area contributed by atoms with Crippen LogP contribution in [0.4, 0.5) is 10.5 Å². The molecule has 31 heavy (non-hydrogen) atoms. The maximum Gasteiger partial charge on any atom is 0.411 e. The van der Waals surface area contributed by atoms with Gasteiger partial charge in [0, 0.05) is 25.2 Å². The van der Waals surface area contributed by atoms with Gasteiger partial charge in [-0.15, -0.1) is 0 Å². The highest BCUT2D eigenvalue weighted by Crippen LogP contribution is 2.36. The average molecular weight is 445 g/mol. The maximum absolute atomic E-state index is 12.7. The number of carbonyl (C=O) groups excluding carboxylic acids is 2. The summed E-state index contributed by atoms with van der Waals surface area (Å²) in [5.41, 5.74) is 3.13. The third-order valence-corrected chi connectivity index (χ3v) is 7.72. The summed E-state index contributed by atoms with van der Waals surface area (Å²) in [6.45, 7) is 4.34. The number of sulfone groups is 1. The number of benzene rings is 2. The summed E-state index contributed by atoms with van der Waals surface area (Å²) in [6, 6.07) is 12.6. The molecule has 1 atom stereocenters. The van der Waals surface area contributed by atoms with Crippen LogP contribution in [0.3, 0.4) is 0 Å². The highest BCUT2D eigenvalue weighted by atomic mass is 32.2. The van der Waals surface area contributed by atoms with Crippen molar-refractivity contribution in [3.8, 4) is 0 Å². The molecule has 7 nitrogen and oxygen atoms in total. The van der Waals surface area contributed by atoms with Gasteiger partial charge in [-0.05, 0) is 54.7 Å². The van der Waals surface area contributed by atoms with Crippen LogP contribution in [-0.2, 0) is 25.9 Å². The lowest BCUT2D eigenvalue weighted by Crippen LogP contribution is -2.20. The number of nitrogens with zero attached hydrogens (tertiary/aromatic N) is 1. The SMILES string of the molecule is Cc1ccccc1C(C)COC(=O)Nc1ccc(S(=O)(=O)C2CC2)c(CN(C)C=O)c1. The van der Waals surface area contributed by atoms with E-state index in [9.17, 15) is 18.0 Å². The van der Waals surface area contributed by atoms with Gasteiger partial charge >= 0.3 is 6.09 Å². The van der Waals surface area contributed by atoms with Gasteiger partial charge in [-0.3, -0.25) is 10.1 Å². The van der Waals surface area contributed by atoms with E-state index in [0.717, 1.165) is 11.1 Å². The first kappa shape index (κ1) is 22.8. The Morgan fingerprint density at radius 1 is 1.26 bits per heavy atom. The lowest BCUT2D eigenvalue weighted by molar-refractivity contribution is -0.117. The molecule has 2 aromatic carbocycles. The van der Waals surface area contributed by atoms with Crippen molar-refractivity contribution < 1.29 is 22.7 Å². The number of ether oxygens (including phenoxy) is 1. The van der Waals surface area contributed by atoms with Gasteiger partial charge in [0.15, 0.2) is 9.84 Å². The molecule has 1 aliphatic rings. The van der Waals surface area contributed by atoms with E-state index >= 15 is 0 Å². The number of rotatable bonds is 9. The Morgan fingerprint density at radius 3 is 2.61 bits per heavy atom. The highest BCUT2D eigenvalue weighted by molar-refractivity contribution is 7.92. The molecule has 0 saturated heterocycles. The topological polar surface area (TPSA) is 92.8 Å². The van der Waals surface area contributed by atoms with E-state index < -0.39 is 15.9 Å². The maximum atomic E-state index is 12.7. The summed E-state index contributed by atoms with van der Waals surface area (Å²) in [5.74, 6) is 0.0369. The molecule has 1 N–H and O–H groups in total. The zero-order valence-corrected chi connectivity index (χ0v) is 18.8. The first-order chi connectivity index (χ1) is 14.7. The number of nitrogens with one attached hydrogen (secondary N) is 1. The molecule has 0 aromatic heterocycles. The van der Waals surface area contributed by atoms with Crippen LogP contribution >= 0.6 is 0 Å². The number of aryl methyl sites for hydroxylation is 1. The summed E-state index contributed by atoms with van der Waals surface area (Å²) < 4.78 is 30.8.